The summed E-state index contributed by atoms with van der Waals surface area (Å²) in [6.07, 6.45) is 0. The third-order valence-corrected chi connectivity index (χ3v) is 2.53. The highest BCUT2D eigenvalue weighted by Gasteiger charge is 2.15. The Morgan fingerprint density at radius 1 is 1.56 bits per heavy atom. The van der Waals surface area contributed by atoms with E-state index < -0.39 is 11.0 Å². The Bertz CT molecular complexity index is 462. The molecule has 1 aromatic rings. The first-order valence-electron chi connectivity index (χ1n) is 5.34. The summed E-state index contributed by atoms with van der Waals surface area (Å²) in [4.78, 5) is 23.2. The molecule has 0 spiro atoms. The fraction of sp³-hybridized carbons (Fsp3) is 0.364. The molecule has 1 rings (SSSR count). The molecule has 1 aromatic carbocycles. The highest BCUT2D eigenvalue weighted by Crippen LogP contribution is 2.25. The maximum Gasteiger partial charge on any atom is 0.321 e. The number of anilines is 1. The maximum atomic E-state index is 11.7. The molecule has 0 unspecified atom stereocenters. The number of nitro groups is 1. The van der Waals surface area contributed by atoms with Crippen molar-refractivity contribution < 1.29 is 14.8 Å². The van der Waals surface area contributed by atoms with Crippen molar-refractivity contribution in [2.75, 3.05) is 25.5 Å². The van der Waals surface area contributed by atoms with Gasteiger partial charge >= 0.3 is 6.03 Å². The van der Waals surface area contributed by atoms with Gasteiger partial charge in [0.2, 0.25) is 0 Å². The first-order valence-corrected chi connectivity index (χ1v) is 5.34. The average Bonchev–Trinajstić information content (AvgIpc) is 2.31. The largest absolute Gasteiger partial charge is 0.395 e. The number of benzene rings is 1. The number of carbonyl (C=O) groups is 1. The molecule has 7 heteroatoms. The van der Waals surface area contributed by atoms with Crippen LogP contribution in [-0.4, -0.2) is 41.2 Å². The van der Waals surface area contributed by atoms with E-state index in [1.54, 1.807) is 13.0 Å². The van der Waals surface area contributed by atoms with Crippen LogP contribution in [0.1, 0.15) is 5.56 Å². The molecule has 0 aliphatic carbocycles. The summed E-state index contributed by atoms with van der Waals surface area (Å²) in [6.45, 7) is 1.62. The molecule has 7 nitrogen and oxygen atoms in total. The number of likely N-dealkylation sites (N-methyl/N-ethyl adjacent to an activating group) is 1. The van der Waals surface area contributed by atoms with Gasteiger partial charge in [0.05, 0.1) is 22.8 Å². The molecular formula is C11H15N3O4. The Balaban J connectivity index is 2.88. The Morgan fingerprint density at radius 3 is 2.78 bits per heavy atom. The van der Waals surface area contributed by atoms with Gasteiger partial charge in [0.1, 0.15) is 0 Å². The lowest BCUT2D eigenvalue weighted by molar-refractivity contribution is -0.385. The first kappa shape index (κ1) is 13.9. The third-order valence-electron chi connectivity index (χ3n) is 2.53. The van der Waals surface area contributed by atoms with Gasteiger partial charge in [-0.2, -0.15) is 0 Å². The minimum atomic E-state index is -0.498. The summed E-state index contributed by atoms with van der Waals surface area (Å²) in [5.41, 5.74) is 0.741. The molecule has 0 bridgehead atoms. The van der Waals surface area contributed by atoms with Gasteiger partial charge in [0, 0.05) is 19.7 Å². The molecule has 0 aromatic heterocycles. The minimum absolute atomic E-state index is 0.0439. The number of aliphatic hydroxyl groups excluding tert-OH is 1. The predicted octanol–water partition coefficient (Wildman–Crippen LogP) is 1.36. The number of urea groups is 1. The van der Waals surface area contributed by atoms with Crippen molar-refractivity contribution in [1.29, 1.82) is 0 Å². The van der Waals surface area contributed by atoms with E-state index in [0.29, 0.717) is 11.3 Å². The van der Waals surface area contributed by atoms with E-state index in [4.69, 9.17) is 5.11 Å². The van der Waals surface area contributed by atoms with E-state index in [-0.39, 0.29) is 18.8 Å². The van der Waals surface area contributed by atoms with Gasteiger partial charge in [-0.25, -0.2) is 4.79 Å². The maximum absolute atomic E-state index is 11.7. The smallest absolute Gasteiger partial charge is 0.321 e. The highest BCUT2D eigenvalue weighted by molar-refractivity contribution is 5.90. The quantitative estimate of drug-likeness (QED) is 0.625. The van der Waals surface area contributed by atoms with Gasteiger partial charge in [-0.1, -0.05) is 6.07 Å². The van der Waals surface area contributed by atoms with E-state index in [2.05, 4.69) is 5.32 Å². The second-order valence-corrected chi connectivity index (χ2v) is 3.78. The molecule has 2 N–H and O–H groups in total. The Hall–Kier alpha value is -2.15. The molecule has 18 heavy (non-hydrogen) atoms. The van der Waals surface area contributed by atoms with E-state index in [0.717, 1.165) is 0 Å². The summed E-state index contributed by atoms with van der Waals surface area (Å²) in [6, 6.07) is 4.05. The molecule has 2 amide bonds. The van der Waals surface area contributed by atoms with Crippen LogP contribution in [0.4, 0.5) is 16.2 Å². The number of hydrogen-bond acceptors (Lipinski definition) is 4. The van der Waals surface area contributed by atoms with Crippen LogP contribution in [0.2, 0.25) is 0 Å². The van der Waals surface area contributed by atoms with Gasteiger partial charge in [-0.3, -0.25) is 10.1 Å². The van der Waals surface area contributed by atoms with Crippen LogP contribution in [0.25, 0.3) is 0 Å². The summed E-state index contributed by atoms with van der Waals surface area (Å²) < 4.78 is 0. The molecule has 0 aliphatic rings. The molecule has 0 saturated carbocycles. The van der Waals surface area contributed by atoms with Gasteiger partial charge < -0.3 is 15.3 Å². The number of nitrogens with one attached hydrogen (secondary N) is 1. The monoisotopic (exact) mass is 253 g/mol. The van der Waals surface area contributed by atoms with Crippen molar-refractivity contribution in [2.24, 2.45) is 0 Å². The topological polar surface area (TPSA) is 95.7 Å². The van der Waals surface area contributed by atoms with Gasteiger partial charge in [0.15, 0.2) is 0 Å². The molecule has 0 atom stereocenters. The van der Waals surface area contributed by atoms with E-state index >= 15 is 0 Å². The number of rotatable bonds is 4. The minimum Gasteiger partial charge on any atom is -0.395 e. The molecule has 0 fully saturated rings. The van der Waals surface area contributed by atoms with Crippen LogP contribution in [0.5, 0.6) is 0 Å². The lowest BCUT2D eigenvalue weighted by Crippen LogP contribution is -2.33. The Labute approximate surface area is 104 Å². The zero-order chi connectivity index (χ0) is 13.7. The van der Waals surface area contributed by atoms with Crippen LogP contribution >= 0.6 is 0 Å². The van der Waals surface area contributed by atoms with Gasteiger partial charge in [-0.05, 0) is 13.0 Å². The fourth-order valence-electron chi connectivity index (χ4n) is 1.42. The summed E-state index contributed by atoms with van der Waals surface area (Å²) >= 11 is 0. The SMILES string of the molecule is Cc1c(NC(=O)N(C)CCO)cccc1[N+](=O)[O-]. The standard InChI is InChI=1S/C11H15N3O4/c1-8-9(4-3-5-10(8)14(17)18)12-11(16)13(2)6-7-15/h3-5,15H,6-7H2,1-2H3,(H,12,16). The first-order chi connectivity index (χ1) is 8.47. The molecular weight excluding hydrogens is 238 g/mol. The lowest BCUT2D eigenvalue weighted by atomic mass is 10.1. The van der Waals surface area contributed by atoms with Crippen molar-refractivity contribution >= 4 is 17.4 Å². The summed E-state index contributed by atoms with van der Waals surface area (Å²) in [5.74, 6) is 0. The molecule has 0 aliphatic heterocycles. The number of carbonyl (C=O) groups excluding carboxylic acids is 1. The highest BCUT2D eigenvalue weighted by atomic mass is 16.6. The van der Waals surface area contributed by atoms with Crippen molar-refractivity contribution in [2.45, 2.75) is 6.92 Å². The third kappa shape index (κ3) is 3.17. The van der Waals surface area contributed by atoms with Crippen molar-refractivity contribution in [3.05, 3.63) is 33.9 Å². The average molecular weight is 253 g/mol. The van der Waals surface area contributed by atoms with Gasteiger partial charge in [0.25, 0.3) is 5.69 Å². The van der Waals surface area contributed by atoms with Crippen LogP contribution in [-0.2, 0) is 0 Å². The van der Waals surface area contributed by atoms with Crippen LogP contribution in [0.3, 0.4) is 0 Å². The van der Waals surface area contributed by atoms with E-state index in [1.165, 1.54) is 24.1 Å². The second-order valence-electron chi connectivity index (χ2n) is 3.78. The van der Waals surface area contributed by atoms with Crippen molar-refractivity contribution in [3.8, 4) is 0 Å². The zero-order valence-corrected chi connectivity index (χ0v) is 10.2. The lowest BCUT2D eigenvalue weighted by Gasteiger charge is -2.17. The summed E-state index contributed by atoms with van der Waals surface area (Å²) in [5, 5.41) is 22.0. The number of hydrogen-bond donors (Lipinski definition) is 2. The number of nitrogens with zero attached hydrogens (tertiary/aromatic N) is 2. The Kier molecular flexibility index (Phi) is 4.61. The molecule has 0 radical (unpaired) electrons. The van der Waals surface area contributed by atoms with Gasteiger partial charge in [-0.15, -0.1) is 0 Å². The fourth-order valence-corrected chi connectivity index (χ4v) is 1.42. The Morgan fingerprint density at radius 2 is 2.22 bits per heavy atom. The van der Waals surface area contributed by atoms with Crippen molar-refractivity contribution in [3.63, 3.8) is 0 Å². The summed E-state index contributed by atoms with van der Waals surface area (Å²) in [7, 11) is 1.53. The number of aliphatic hydroxyl groups is 1. The van der Waals surface area contributed by atoms with Crippen LogP contribution in [0.15, 0.2) is 18.2 Å². The number of nitro benzene ring substituents is 1. The molecule has 98 valence electrons. The molecule has 0 saturated heterocycles. The van der Waals surface area contributed by atoms with E-state index in [9.17, 15) is 14.9 Å². The molecule has 0 heterocycles. The number of amides is 2. The normalized spacial score (nSPS) is 9.94. The zero-order valence-electron chi connectivity index (χ0n) is 10.2. The second kappa shape index (κ2) is 5.97. The predicted molar refractivity (Wildman–Crippen MR) is 66.6 cm³/mol. The van der Waals surface area contributed by atoms with Crippen LogP contribution in [0, 0.1) is 17.0 Å². The van der Waals surface area contributed by atoms with Crippen molar-refractivity contribution in [1.82, 2.24) is 4.90 Å². The van der Waals surface area contributed by atoms with Crippen LogP contribution < -0.4 is 5.32 Å². The van der Waals surface area contributed by atoms with E-state index in [1.807, 2.05) is 0 Å².